The number of amides is 2. The maximum Gasteiger partial charge on any atom is 0.273 e. The molecule has 1 unspecified atom stereocenters. The van der Waals surface area contributed by atoms with Crippen molar-refractivity contribution in [1.82, 2.24) is 20.0 Å². The van der Waals surface area contributed by atoms with Gasteiger partial charge in [0.2, 0.25) is 11.8 Å². The summed E-state index contributed by atoms with van der Waals surface area (Å²) < 4.78 is 43.2. The Morgan fingerprint density at radius 3 is 2.44 bits per heavy atom. The number of carbonyl (C=O) groups is 2. The van der Waals surface area contributed by atoms with Crippen LogP contribution in [0, 0.1) is 17.2 Å². The number of fused-ring (bicyclic) bond motifs is 1. The van der Waals surface area contributed by atoms with Crippen LogP contribution in [0.4, 0.5) is 13.2 Å². The Bertz CT molecular complexity index is 1000. The SMILES string of the molecule is CN(C)C(=O)C(NC(=O)c1nn(CC2CCC(F)(F)CC2)c2c(F)cccc12)C(C)(C)C. The topological polar surface area (TPSA) is 67.2 Å². The number of alkyl halides is 2. The lowest BCUT2D eigenvalue weighted by atomic mass is 9.85. The fourth-order valence-electron chi connectivity index (χ4n) is 4.13. The van der Waals surface area contributed by atoms with E-state index in [0.29, 0.717) is 18.2 Å². The minimum absolute atomic E-state index is 0.0152. The molecule has 176 valence electrons. The number of rotatable bonds is 5. The summed E-state index contributed by atoms with van der Waals surface area (Å²) in [5, 5.41) is 7.47. The van der Waals surface area contributed by atoms with Crippen molar-refractivity contribution >= 4 is 22.7 Å². The number of para-hydroxylation sites is 1. The van der Waals surface area contributed by atoms with Gasteiger partial charge in [-0.1, -0.05) is 32.9 Å². The number of hydrogen-bond donors (Lipinski definition) is 1. The highest BCUT2D eigenvalue weighted by Gasteiger charge is 2.37. The van der Waals surface area contributed by atoms with Crippen molar-refractivity contribution in [3.05, 3.63) is 29.7 Å². The molecule has 2 aromatic rings. The van der Waals surface area contributed by atoms with Crippen molar-refractivity contribution in [1.29, 1.82) is 0 Å². The van der Waals surface area contributed by atoms with Crippen LogP contribution in [-0.4, -0.2) is 52.6 Å². The van der Waals surface area contributed by atoms with Gasteiger partial charge in [0.05, 0.1) is 0 Å². The lowest BCUT2D eigenvalue weighted by molar-refractivity contribution is -0.133. The highest BCUT2D eigenvalue weighted by atomic mass is 19.3. The van der Waals surface area contributed by atoms with Crippen LogP contribution >= 0.6 is 0 Å². The Kier molecular flexibility index (Phi) is 6.58. The summed E-state index contributed by atoms with van der Waals surface area (Å²) in [6.45, 7) is 5.78. The average molecular weight is 453 g/mol. The van der Waals surface area contributed by atoms with Crippen molar-refractivity contribution in [2.45, 2.75) is 65.0 Å². The number of benzene rings is 1. The zero-order valence-corrected chi connectivity index (χ0v) is 19.2. The van der Waals surface area contributed by atoms with Gasteiger partial charge in [0.15, 0.2) is 5.69 Å². The molecule has 0 saturated heterocycles. The van der Waals surface area contributed by atoms with Gasteiger partial charge in [-0.25, -0.2) is 13.2 Å². The maximum atomic E-state index is 14.7. The van der Waals surface area contributed by atoms with E-state index in [9.17, 15) is 22.8 Å². The number of likely N-dealkylation sites (N-methyl/N-ethyl adjacent to an activating group) is 1. The summed E-state index contributed by atoms with van der Waals surface area (Å²) in [7, 11) is 3.22. The molecule has 0 spiro atoms. The van der Waals surface area contributed by atoms with Crippen LogP contribution in [0.15, 0.2) is 18.2 Å². The summed E-state index contributed by atoms with van der Waals surface area (Å²) in [6.07, 6.45) is 0.223. The number of nitrogens with one attached hydrogen (secondary N) is 1. The average Bonchev–Trinajstić information content (AvgIpc) is 3.06. The molecule has 1 heterocycles. The van der Waals surface area contributed by atoms with Crippen molar-refractivity contribution in [2.24, 2.45) is 11.3 Å². The third-order valence-corrected chi connectivity index (χ3v) is 6.03. The van der Waals surface area contributed by atoms with Crippen LogP contribution in [0.2, 0.25) is 0 Å². The van der Waals surface area contributed by atoms with Crippen LogP contribution < -0.4 is 5.32 Å². The van der Waals surface area contributed by atoms with Gasteiger partial charge in [-0.05, 0) is 30.2 Å². The summed E-state index contributed by atoms with van der Waals surface area (Å²) in [5.74, 6) is -4.11. The molecule has 2 amide bonds. The first kappa shape index (κ1) is 24.1. The first-order chi connectivity index (χ1) is 14.8. The fourth-order valence-corrected chi connectivity index (χ4v) is 4.13. The van der Waals surface area contributed by atoms with E-state index in [4.69, 9.17) is 0 Å². The zero-order valence-electron chi connectivity index (χ0n) is 19.2. The van der Waals surface area contributed by atoms with Gasteiger partial charge >= 0.3 is 0 Å². The summed E-state index contributed by atoms with van der Waals surface area (Å²) in [5.41, 5.74) is -0.379. The Morgan fingerprint density at radius 2 is 1.88 bits per heavy atom. The van der Waals surface area contributed by atoms with Crippen molar-refractivity contribution in [3.8, 4) is 0 Å². The van der Waals surface area contributed by atoms with Gasteiger partial charge in [0.25, 0.3) is 5.91 Å². The Labute approximate surface area is 186 Å². The number of aromatic nitrogens is 2. The second-order valence-electron chi connectivity index (χ2n) is 9.97. The molecular formula is C23H31F3N4O2. The van der Waals surface area contributed by atoms with Gasteiger partial charge in [-0.15, -0.1) is 0 Å². The Morgan fingerprint density at radius 1 is 1.25 bits per heavy atom. The highest BCUT2D eigenvalue weighted by molar-refractivity contribution is 6.06. The second-order valence-corrected chi connectivity index (χ2v) is 9.97. The number of hydrogen-bond acceptors (Lipinski definition) is 3. The molecule has 32 heavy (non-hydrogen) atoms. The predicted molar refractivity (Wildman–Crippen MR) is 116 cm³/mol. The summed E-state index contributed by atoms with van der Waals surface area (Å²) in [4.78, 5) is 27.2. The minimum atomic E-state index is -2.65. The number of halogens is 3. The minimum Gasteiger partial charge on any atom is -0.347 e. The molecule has 6 nitrogen and oxygen atoms in total. The zero-order chi connectivity index (χ0) is 23.8. The van der Waals surface area contributed by atoms with E-state index in [1.807, 2.05) is 20.8 Å². The molecule has 0 bridgehead atoms. The molecule has 0 radical (unpaired) electrons. The quantitative estimate of drug-likeness (QED) is 0.738. The number of nitrogens with zero attached hydrogens (tertiary/aromatic N) is 3. The van der Waals surface area contributed by atoms with Crippen molar-refractivity contribution < 1.29 is 22.8 Å². The summed E-state index contributed by atoms with van der Waals surface area (Å²) in [6, 6.07) is 3.57. The summed E-state index contributed by atoms with van der Waals surface area (Å²) >= 11 is 0. The van der Waals surface area contributed by atoms with Crippen LogP contribution in [0.3, 0.4) is 0 Å². The highest BCUT2D eigenvalue weighted by Crippen LogP contribution is 2.37. The van der Waals surface area contributed by atoms with Crippen molar-refractivity contribution in [3.63, 3.8) is 0 Å². The lowest BCUT2D eigenvalue weighted by Crippen LogP contribution is -2.53. The first-order valence-electron chi connectivity index (χ1n) is 10.8. The smallest absolute Gasteiger partial charge is 0.273 e. The molecule has 1 atom stereocenters. The van der Waals surface area contributed by atoms with Gasteiger partial charge < -0.3 is 10.2 Å². The van der Waals surface area contributed by atoms with Crippen LogP contribution in [0.25, 0.3) is 10.9 Å². The van der Waals surface area contributed by atoms with Crippen LogP contribution in [-0.2, 0) is 11.3 Å². The van der Waals surface area contributed by atoms with Crippen LogP contribution in [0.5, 0.6) is 0 Å². The molecule has 9 heteroatoms. The van der Waals surface area contributed by atoms with E-state index < -0.39 is 29.1 Å². The maximum absolute atomic E-state index is 14.7. The standard InChI is InChI=1S/C23H31F3N4O2/c1-22(2,3)19(21(32)29(4)5)27-20(31)17-15-7-6-8-16(24)18(15)30(28-17)13-14-9-11-23(25,26)12-10-14/h6-8,14,19H,9-13H2,1-5H3,(H,27,31). The molecule has 1 aliphatic carbocycles. The molecule has 1 aromatic heterocycles. The second kappa shape index (κ2) is 8.75. The molecule has 1 aliphatic rings. The normalized spacial score (nSPS) is 17.9. The van der Waals surface area contributed by atoms with Crippen molar-refractivity contribution in [2.75, 3.05) is 14.1 Å². The largest absolute Gasteiger partial charge is 0.347 e. The molecule has 3 rings (SSSR count). The van der Waals surface area contributed by atoms with Gasteiger partial charge in [0, 0.05) is 38.9 Å². The molecular weight excluding hydrogens is 421 g/mol. The molecule has 1 saturated carbocycles. The van der Waals surface area contributed by atoms with E-state index >= 15 is 0 Å². The molecule has 1 aromatic carbocycles. The monoisotopic (exact) mass is 452 g/mol. The lowest BCUT2D eigenvalue weighted by Gasteiger charge is -2.32. The van der Waals surface area contributed by atoms with Gasteiger partial charge in [0.1, 0.15) is 17.4 Å². The fraction of sp³-hybridized carbons (Fsp3) is 0.609. The van der Waals surface area contributed by atoms with E-state index in [2.05, 4.69) is 10.4 Å². The van der Waals surface area contributed by atoms with Crippen LogP contribution in [0.1, 0.15) is 56.9 Å². The van der Waals surface area contributed by atoms with E-state index in [0.717, 1.165) is 0 Å². The first-order valence-corrected chi connectivity index (χ1v) is 10.8. The molecule has 0 aliphatic heterocycles. The van der Waals surface area contributed by atoms with Gasteiger partial charge in [-0.2, -0.15) is 5.10 Å². The predicted octanol–water partition coefficient (Wildman–Crippen LogP) is 4.23. The molecule has 1 fully saturated rings. The third-order valence-electron chi connectivity index (χ3n) is 6.03. The Hall–Kier alpha value is -2.58. The molecule has 1 N–H and O–H groups in total. The van der Waals surface area contributed by atoms with E-state index in [-0.39, 0.29) is 42.4 Å². The third kappa shape index (κ3) is 5.07. The van der Waals surface area contributed by atoms with Gasteiger partial charge in [-0.3, -0.25) is 14.3 Å². The van der Waals surface area contributed by atoms with E-state index in [1.54, 1.807) is 20.2 Å². The Balaban J connectivity index is 1.92. The van der Waals surface area contributed by atoms with E-state index in [1.165, 1.54) is 21.7 Å². The number of carbonyl (C=O) groups excluding carboxylic acids is 2.